The third-order valence-corrected chi connectivity index (χ3v) is 5.50. The fourth-order valence-corrected chi connectivity index (χ4v) is 4.61. The summed E-state index contributed by atoms with van der Waals surface area (Å²) >= 11 is 0. The van der Waals surface area contributed by atoms with Crippen molar-refractivity contribution in [3.05, 3.63) is 0 Å². The number of hydrogen-bond donors (Lipinski definition) is 2. The van der Waals surface area contributed by atoms with Crippen LogP contribution in [0.2, 0.25) is 0 Å². The second-order valence-electron chi connectivity index (χ2n) is 5.51. The first-order valence-corrected chi connectivity index (χ1v) is 7.26. The summed E-state index contributed by atoms with van der Waals surface area (Å²) in [5, 5.41) is 9.68. The Morgan fingerprint density at radius 1 is 1.27 bits per heavy atom. The third-order valence-electron chi connectivity index (χ3n) is 3.79. The van der Waals surface area contributed by atoms with Crippen molar-refractivity contribution in [1.29, 1.82) is 0 Å². The van der Waals surface area contributed by atoms with E-state index in [4.69, 9.17) is 5.73 Å². The van der Waals surface area contributed by atoms with Crippen molar-refractivity contribution >= 4 is 9.84 Å². The largest absolute Gasteiger partial charge is 0.390 e. The van der Waals surface area contributed by atoms with Crippen molar-refractivity contribution in [2.45, 2.75) is 43.7 Å². The highest BCUT2D eigenvalue weighted by atomic mass is 32.2. The maximum atomic E-state index is 11.3. The normalized spacial score (nSPS) is 46.1. The van der Waals surface area contributed by atoms with Gasteiger partial charge in [-0.2, -0.15) is 0 Å². The van der Waals surface area contributed by atoms with Gasteiger partial charge >= 0.3 is 0 Å². The van der Waals surface area contributed by atoms with Gasteiger partial charge in [-0.25, -0.2) is 8.42 Å². The van der Waals surface area contributed by atoms with Crippen molar-refractivity contribution < 1.29 is 13.5 Å². The fraction of sp³-hybridized carbons (Fsp3) is 1.00. The average molecular weight is 233 g/mol. The molecule has 1 saturated heterocycles. The predicted octanol–water partition coefficient (Wildman–Crippen LogP) is 0.0535. The van der Waals surface area contributed by atoms with Gasteiger partial charge in [0.15, 0.2) is 0 Å². The van der Waals surface area contributed by atoms with Crippen LogP contribution in [0, 0.1) is 5.92 Å². The van der Waals surface area contributed by atoms with E-state index in [0.717, 1.165) is 0 Å². The van der Waals surface area contributed by atoms with Gasteiger partial charge in [0.1, 0.15) is 9.84 Å². The standard InChI is InChI=1S/C10H19NO3S/c1-9(12)6-10(11,7-9)8-2-4-15(13,14)5-3-8/h8,12H,2-7,11H2,1H3. The molecule has 88 valence electrons. The van der Waals surface area contributed by atoms with Crippen LogP contribution in [-0.2, 0) is 9.84 Å². The second-order valence-corrected chi connectivity index (χ2v) is 7.81. The van der Waals surface area contributed by atoms with E-state index in [2.05, 4.69) is 0 Å². The zero-order chi connectivity index (χ0) is 11.3. The first-order valence-electron chi connectivity index (χ1n) is 5.44. The van der Waals surface area contributed by atoms with Crippen LogP contribution in [0.25, 0.3) is 0 Å². The van der Waals surface area contributed by atoms with Crippen LogP contribution in [-0.4, -0.2) is 36.2 Å². The molecule has 1 aliphatic heterocycles. The quantitative estimate of drug-likeness (QED) is 0.671. The maximum Gasteiger partial charge on any atom is 0.150 e. The molecule has 0 atom stereocenters. The zero-order valence-corrected chi connectivity index (χ0v) is 9.89. The van der Waals surface area contributed by atoms with E-state index in [9.17, 15) is 13.5 Å². The molecule has 1 aliphatic carbocycles. The Morgan fingerprint density at radius 3 is 2.13 bits per heavy atom. The van der Waals surface area contributed by atoms with E-state index in [1.54, 1.807) is 6.92 Å². The summed E-state index contributed by atoms with van der Waals surface area (Å²) in [5.74, 6) is 0.790. The van der Waals surface area contributed by atoms with E-state index in [1.807, 2.05) is 0 Å². The Hall–Kier alpha value is -0.130. The van der Waals surface area contributed by atoms with E-state index >= 15 is 0 Å². The molecule has 5 heteroatoms. The SMILES string of the molecule is CC1(O)CC(N)(C2CCS(=O)(=O)CC2)C1. The molecule has 0 amide bonds. The van der Waals surface area contributed by atoms with Crippen LogP contribution in [0.5, 0.6) is 0 Å². The molecular weight excluding hydrogens is 214 g/mol. The minimum absolute atomic E-state index is 0.263. The van der Waals surface area contributed by atoms with E-state index in [-0.39, 0.29) is 23.0 Å². The Kier molecular flexibility index (Phi) is 2.41. The Bertz CT molecular complexity index is 339. The molecule has 15 heavy (non-hydrogen) atoms. The van der Waals surface area contributed by atoms with Crippen molar-refractivity contribution in [2.75, 3.05) is 11.5 Å². The van der Waals surface area contributed by atoms with E-state index in [0.29, 0.717) is 25.7 Å². The molecule has 0 unspecified atom stereocenters. The van der Waals surface area contributed by atoms with Crippen LogP contribution >= 0.6 is 0 Å². The Balaban J connectivity index is 1.98. The van der Waals surface area contributed by atoms with Crippen LogP contribution in [0.4, 0.5) is 0 Å². The smallest absolute Gasteiger partial charge is 0.150 e. The van der Waals surface area contributed by atoms with Gasteiger partial charge in [0, 0.05) is 5.54 Å². The monoisotopic (exact) mass is 233 g/mol. The van der Waals surface area contributed by atoms with Crippen LogP contribution in [0.1, 0.15) is 32.6 Å². The number of aliphatic hydroxyl groups is 1. The van der Waals surface area contributed by atoms with Gasteiger partial charge in [-0.1, -0.05) is 0 Å². The second kappa shape index (κ2) is 3.18. The number of nitrogens with two attached hydrogens (primary N) is 1. The fourth-order valence-electron chi connectivity index (χ4n) is 3.12. The van der Waals surface area contributed by atoms with Crippen molar-refractivity contribution in [3.63, 3.8) is 0 Å². The zero-order valence-electron chi connectivity index (χ0n) is 9.07. The van der Waals surface area contributed by atoms with Crippen molar-refractivity contribution in [1.82, 2.24) is 0 Å². The first kappa shape index (κ1) is 11.4. The maximum absolute atomic E-state index is 11.3. The van der Waals surface area contributed by atoms with Crippen molar-refractivity contribution in [2.24, 2.45) is 11.7 Å². The predicted molar refractivity (Wildman–Crippen MR) is 58.2 cm³/mol. The minimum Gasteiger partial charge on any atom is -0.390 e. The van der Waals surface area contributed by atoms with E-state index < -0.39 is 15.4 Å². The van der Waals surface area contributed by atoms with Gasteiger partial charge in [0.25, 0.3) is 0 Å². The lowest BCUT2D eigenvalue weighted by molar-refractivity contribution is -0.0935. The molecule has 1 heterocycles. The third kappa shape index (κ3) is 2.19. The lowest BCUT2D eigenvalue weighted by Crippen LogP contribution is -2.65. The molecule has 3 N–H and O–H groups in total. The van der Waals surface area contributed by atoms with Gasteiger partial charge < -0.3 is 10.8 Å². The lowest BCUT2D eigenvalue weighted by Gasteiger charge is -2.54. The first-order chi connectivity index (χ1) is 6.73. The number of sulfone groups is 1. The molecule has 1 saturated carbocycles. The number of hydrogen-bond acceptors (Lipinski definition) is 4. The highest BCUT2D eigenvalue weighted by Gasteiger charge is 2.53. The summed E-state index contributed by atoms with van der Waals surface area (Å²) in [6.45, 7) is 1.79. The van der Waals surface area contributed by atoms with E-state index in [1.165, 1.54) is 0 Å². The van der Waals surface area contributed by atoms with Crippen LogP contribution in [0.3, 0.4) is 0 Å². The Morgan fingerprint density at radius 2 is 1.73 bits per heavy atom. The van der Waals surface area contributed by atoms with Gasteiger partial charge in [-0.15, -0.1) is 0 Å². The minimum atomic E-state index is -2.81. The highest BCUT2D eigenvalue weighted by molar-refractivity contribution is 7.91. The molecule has 2 aliphatic rings. The van der Waals surface area contributed by atoms with Gasteiger partial charge in [-0.05, 0) is 38.5 Å². The summed E-state index contributed by atoms with van der Waals surface area (Å²) in [6.07, 6.45) is 2.53. The Labute approximate surface area is 90.8 Å². The van der Waals surface area contributed by atoms with Crippen molar-refractivity contribution in [3.8, 4) is 0 Å². The molecule has 4 nitrogen and oxygen atoms in total. The average Bonchev–Trinajstić information content (AvgIpc) is 1.99. The summed E-state index contributed by atoms with van der Waals surface area (Å²) in [7, 11) is -2.81. The summed E-state index contributed by atoms with van der Waals surface area (Å²) in [5.41, 5.74) is 5.23. The molecule has 0 spiro atoms. The number of rotatable bonds is 1. The molecule has 0 aromatic heterocycles. The van der Waals surface area contributed by atoms with Crippen LogP contribution < -0.4 is 5.73 Å². The topological polar surface area (TPSA) is 80.4 Å². The molecule has 2 rings (SSSR count). The molecule has 2 fully saturated rings. The summed E-state index contributed by atoms with van der Waals surface area (Å²) in [6, 6.07) is 0. The van der Waals surface area contributed by atoms with Gasteiger partial charge in [0.05, 0.1) is 17.1 Å². The molecule has 0 bridgehead atoms. The van der Waals surface area contributed by atoms with Gasteiger partial charge in [-0.3, -0.25) is 0 Å². The summed E-state index contributed by atoms with van der Waals surface area (Å²) < 4.78 is 22.5. The van der Waals surface area contributed by atoms with Gasteiger partial charge in [0.2, 0.25) is 0 Å². The molecule has 0 aromatic carbocycles. The molecule has 0 aromatic rings. The highest BCUT2D eigenvalue weighted by Crippen LogP contribution is 2.47. The molecular formula is C10H19NO3S. The molecule has 0 radical (unpaired) electrons. The summed E-state index contributed by atoms with van der Waals surface area (Å²) in [4.78, 5) is 0. The van der Waals surface area contributed by atoms with Crippen LogP contribution in [0.15, 0.2) is 0 Å². The lowest BCUT2D eigenvalue weighted by atomic mass is 9.59.